The van der Waals surface area contributed by atoms with Crippen molar-refractivity contribution in [1.82, 2.24) is 0 Å². The molecule has 0 saturated carbocycles. The molecule has 82 valence electrons. The molecule has 2 nitrogen and oxygen atoms in total. The second kappa shape index (κ2) is 5.54. The molecule has 1 aromatic rings. The van der Waals surface area contributed by atoms with Gasteiger partial charge in [0.15, 0.2) is 0 Å². The van der Waals surface area contributed by atoms with Crippen LogP contribution in [0.5, 0.6) is 0 Å². The number of hydrogen-bond donors (Lipinski definition) is 0. The third-order valence-corrected chi connectivity index (χ3v) is 2.42. The second-order valence-corrected chi connectivity index (χ2v) is 3.82. The van der Waals surface area contributed by atoms with Crippen LogP contribution in [0.2, 0.25) is 0 Å². The van der Waals surface area contributed by atoms with Gasteiger partial charge in [-0.2, -0.15) is 0 Å². The van der Waals surface area contributed by atoms with E-state index >= 15 is 0 Å². The predicted octanol–water partition coefficient (Wildman–Crippen LogP) is 3.05. The topological polar surface area (TPSA) is 26.3 Å². The molecule has 0 radical (unpaired) electrons. The molecule has 0 heterocycles. The molecule has 0 aliphatic carbocycles. The Labute approximate surface area is 91.3 Å². The van der Waals surface area contributed by atoms with Crippen LogP contribution in [0.15, 0.2) is 24.3 Å². The lowest BCUT2D eigenvalue weighted by Gasteiger charge is -2.11. The summed E-state index contributed by atoms with van der Waals surface area (Å²) in [7, 11) is 0. The Morgan fingerprint density at radius 2 is 1.93 bits per heavy atom. The Morgan fingerprint density at radius 1 is 1.33 bits per heavy atom. The van der Waals surface area contributed by atoms with Crippen LogP contribution < -0.4 is 0 Å². The summed E-state index contributed by atoms with van der Waals surface area (Å²) < 4.78 is 4.92. The van der Waals surface area contributed by atoms with E-state index in [2.05, 4.69) is 31.2 Å². The van der Waals surface area contributed by atoms with Crippen molar-refractivity contribution in [1.29, 1.82) is 0 Å². The van der Waals surface area contributed by atoms with Gasteiger partial charge < -0.3 is 4.74 Å². The molecular formula is C13H18O2. The van der Waals surface area contributed by atoms with Crippen LogP contribution in [0.4, 0.5) is 0 Å². The number of esters is 1. The molecule has 0 amide bonds. The van der Waals surface area contributed by atoms with Crippen LogP contribution in [0.25, 0.3) is 0 Å². The van der Waals surface area contributed by atoms with Crippen LogP contribution in [0.1, 0.15) is 37.3 Å². The monoisotopic (exact) mass is 206 g/mol. The lowest BCUT2D eigenvalue weighted by molar-refractivity contribution is -0.143. The van der Waals surface area contributed by atoms with Gasteiger partial charge in [0, 0.05) is 0 Å². The molecule has 1 aromatic carbocycles. The van der Waals surface area contributed by atoms with Crippen LogP contribution in [0.3, 0.4) is 0 Å². The molecule has 0 fully saturated rings. The molecule has 15 heavy (non-hydrogen) atoms. The zero-order chi connectivity index (χ0) is 11.3. The molecule has 0 bridgehead atoms. The van der Waals surface area contributed by atoms with Gasteiger partial charge in [0.25, 0.3) is 0 Å². The maximum atomic E-state index is 11.3. The van der Waals surface area contributed by atoms with Gasteiger partial charge in [-0.3, -0.25) is 4.79 Å². The van der Waals surface area contributed by atoms with Crippen LogP contribution >= 0.6 is 0 Å². The zero-order valence-corrected chi connectivity index (χ0v) is 9.62. The number of aryl methyl sites for hydroxylation is 1. The normalized spacial score (nSPS) is 12.2. The summed E-state index contributed by atoms with van der Waals surface area (Å²) in [5.41, 5.74) is 2.43. The third kappa shape index (κ3) is 3.74. The van der Waals surface area contributed by atoms with E-state index in [1.807, 2.05) is 13.8 Å². The van der Waals surface area contributed by atoms with Crippen molar-refractivity contribution in [3.05, 3.63) is 35.4 Å². The van der Waals surface area contributed by atoms with Gasteiger partial charge in [-0.15, -0.1) is 0 Å². The zero-order valence-electron chi connectivity index (χ0n) is 9.62. The quantitative estimate of drug-likeness (QED) is 0.708. The first-order valence-corrected chi connectivity index (χ1v) is 5.35. The summed E-state index contributed by atoms with van der Waals surface area (Å²) in [6, 6.07) is 8.27. The van der Waals surface area contributed by atoms with Crippen molar-refractivity contribution >= 4 is 5.97 Å². The smallest absolute Gasteiger partial charge is 0.306 e. The highest BCUT2D eigenvalue weighted by Gasteiger charge is 2.11. The number of hydrogen-bond acceptors (Lipinski definition) is 2. The Morgan fingerprint density at radius 3 is 2.47 bits per heavy atom. The number of ether oxygens (including phenoxy) is 1. The lowest BCUT2D eigenvalue weighted by Crippen LogP contribution is -2.08. The number of rotatable bonds is 4. The average molecular weight is 206 g/mol. The van der Waals surface area contributed by atoms with Gasteiger partial charge in [-0.05, 0) is 25.3 Å². The van der Waals surface area contributed by atoms with Crippen LogP contribution in [-0.4, -0.2) is 12.6 Å². The molecule has 0 saturated heterocycles. The summed E-state index contributed by atoms with van der Waals surface area (Å²) in [5, 5.41) is 0. The maximum Gasteiger partial charge on any atom is 0.306 e. The first-order chi connectivity index (χ1) is 7.13. The summed E-state index contributed by atoms with van der Waals surface area (Å²) >= 11 is 0. The van der Waals surface area contributed by atoms with Gasteiger partial charge in [0.05, 0.1) is 13.0 Å². The molecule has 0 aliphatic rings. The van der Waals surface area contributed by atoms with E-state index in [-0.39, 0.29) is 11.9 Å². The number of benzene rings is 1. The van der Waals surface area contributed by atoms with E-state index in [0.717, 1.165) is 0 Å². The number of carbonyl (C=O) groups excluding carboxylic acids is 1. The predicted molar refractivity (Wildman–Crippen MR) is 60.8 cm³/mol. The summed E-state index contributed by atoms with van der Waals surface area (Å²) in [5.74, 6) is 0.107. The minimum Gasteiger partial charge on any atom is -0.466 e. The summed E-state index contributed by atoms with van der Waals surface area (Å²) in [4.78, 5) is 11.3. The van der Waals surface area contributed by atoms with E-state index < -0.39 is 0 Å². The average Bonchev–Trinajstić information content (AvgIpc) is 2.18. The lowest BCUT2D eigenvalue weighted by atomic mass is 9.97. The van der Waals surface area contributed by atoms with Crippen molar-refractivity contribution in [2.24, 2.45) is 0 Å². The van der Waals surface area contributed by atoms with E-state index in [1.54, 1.807) is 0 Å². The Kier molecular flexibility index (Phi) is 4.35. The molecule has 1 rings (SSSR count). The van der Waals surface area contributed by atoms with E-state index in [4.69, 9.17) is 4.74 Å². The Bertz CT molecular complexity index is 314. The standard InChI is InChI=1S/C13H18O2/c1-4-15-13(14)9-11(3)12-7-5-10(2)6-8-12/h5-8,11H,4,9H2,1-3H3/t11-/m1/s1. The first kappa shape index (κ1) is 11.8. The fourth-order valence-corrected chi connectivity index (χ4v) is 1.48. The van der Waals surface area contributed by atoms with Crippen LogP contribution in [0, 0.1) is 6.92 Å². The fraction of sp³-hybridized carbons (Fsp3) is 0.462. The van der Waals surface area contributed by atoms with E-state index in [9.17, 15) is 4.79 Å². The number of carbonyl (C=O) groups is 1. The van der Waals surface area contributed by atoms with Crippen molar-refractivity contribution in [2.75, 3.05) is 6.61 Å². The molecule has 0 aliphatic heterocycles. The molecule has 0 N–H and O–H groups in total. The fourth-order valence-electron chi connectivity index (χ4n) is 1.48. The van der Waals surface area contributed by atoms with Gasteiger partial charge in [0.2, 0.25) is 0 Å². The Balaban J connectivity index is 2.57. The molecule has 2 heteroatoms. The SMILES string of the molecule is CCOC(=O)C[C@@H](C)c1ccc(C)cc1. The largest absolute Gasteiger partial charge is 0.466 e. The minimum absolute atomic E-state index is 0.120. The highest BCUT2D eigenvalue weighted by atomic mass is 16.5. The summed E-state index contributed by atoms with van der Waals surface area (Å²) in [6.45, 7) is 6.38. The van der Waals surface area contributed by atoms with E-state index in [1.165, 1.54) is 11.1 Å². The second-order valence-electron chi connectivity index (χ2n) is 3.82. The van der Waals surface area contributed by atoms with Crippen molar-refractivity contribution in [3.8, 4) is 0 Å². The van der Waals surface area contributed by atoms with Crippen molar-refractivity contribution in [3.63, 3.8) is 0 Å². The maximum absolute atomic E-state index is 11.3. The van der Waals surface area contributed by atoms with Crippen molar-refractivity contribution in [2.45, 2.75) is 33.1 Å². The Hall–Kier alpha value is -1.31. The first-order valence-electron chi connectivity index (χ1n) is 5.35. The molecule has 0 unspecified atom stereocenters. The molecular weight excluding hydrogens is 188 g/mol. The molecule has 1 atom stereocenters. The van der Waals surface area contributed by atoms with Gasteiger partial charge in [-0.25, -0.2) is 0 Å². The minimum atomic E-state index is -0.120. The van der Waals surface area contributed by atoms with Gasteiger partial charge >= 0.3 is 5.97 Å². The van der Waals surface area contributed by atoms with Crippen LogP contribution in [-0.2, 0) is 9.53 Å². The highest BCUT2D eigenvalue weighted by molar-refractivity contribution is 5.70. The highest BCUT2D eigenvalue weighted by Crippen LogP contribution is 2.19. The molecule has 0 aromatic heterocycles. The molecule has 0 spiro atoms. The van der Waals surface area contributed by atoms with Gasteiger partial charge in [-0.1, -0.05) is 36.8 Å². The van der Waals surface area contributed by atoms with Crippen molar-refractivity contribution < 1.29 is 9.53 Å². The summed E-state index contributed by atoms with van der Waals surface area (Å²) in [6.07, 6.45) is 0.455. The third-order valence-electron chi connectivity index (χ3n) is 2.42. The van der Waals surface area contributed by atoms with Gasteiger partial charge in [0.1, 0.15) is 0 Å². The van der Waals surface area contributed by atoms with E-state index in [0.29, 0.717) is 13.0 Å².